The molecule has 29 heavy (non-hydrogen) atoms. The highest BCUT2D eigenvalue weighted by Crippen LogP contribution is 2.36. The first-order valence-electron chi connectivity index (χ1n) is 8.82. The Bertz CT molecular complexity index is 994. The Hall–Kier alpha value is -3.00. The molecule has 0 saturated carbocycles. The van der Waals surface area contributed by atoms with Crippen LogP contribution in [0.3, 0.4) is 0 Å². The van der Waals surface area contributed by atoms with Gasteiger partial charge in [-0.25, -0.2) is 4.98 Å². The Balaban J connectivity index is 2.00. The van der Waals surface area contributed by atoms with Crippen molar-refractivity contribution in [2.45, 2.75) is 6.04 Å². The zero-order valence-corrected chi connectivity index (χ0v) is 18.2. The molecule has 0 aliphatic rings. The van der Waals surface area contributed by atoms with Crippen LogP contribution in [0.1, 0.15) is 27.8 Å². The second kappa shape index (κ2) is 9.00. The highest BCUT2D eigenvalue weighted by Gasteiger charge is 2.23. The van der Waals surface area contributed by atoms with Crippen molar-refractivity contribution < 1.29 is 19.0 Å². The van der Waals surface area contributed by atoms with Crippen molar-refractivity contribution in [1.82, 2.24) is 14.9 Å². The smallest absolute Gasteiger partial charge is 0.252 e. The average Bonchev–Trinajstić information content (AvgIpc) is 3.17. The first-order valence-corrected chi connectivity index (χ1v) is 9.61. The van der Waals surface area contributed by atoms with Crippen LogP contribution in [0.2, 0.25) is 0 Å². The molecule has 0 saturated heterocycles. The molecule has 1 unspecified atom stereocenters. The standard InChI is InChI=1S/C21H22BrN3O4/c1-25-9-8-23-20(25)19(13-6-5-7-15(10-13)27-2)24-21(26)14-11-16(28-3)18(22)17(12-14)29-4/h5-12,19H,1-4H3,(H,24,26). The molecule has 0 bridgehead atoms. The maximum atomic E-state index is 13.1. The van der Waals surface area contributed by atoms with Gasteiger partial charge in [-0.15, -0.1) is 0 Å². The summed E-state index contributed by atoms with van der Waals surface area (Å²) in [5.74, 6) is 2.12. The van der Waals surface area contributed by atoms with Crippen molar-refractivity contribution in [3.05, 3.63) is 70.2 Å². The number of nitrogens with zero attached hydrogens (tertiary/aromatic N) is 2. The van der Waals surface area contributed by atoms with E-state index in [0.717, 1.165) is 5.56 Å². The van der Waals surface area contributed by atoms with Crippen LogP contribution in [-0.4, -0.2) is 36.8 Å². The predicted octanol–water partition coefficient (Wildman–Crippen LogP) is 3.73. The van der Waals surface area contributed by atoms with E-state index in [0.29, 0.717) is 33.1 Å². The van der Waals surface area contributed by atoms with Gasteiger partial charge in [-0.3, -0.25) is 4.79 Å². The number of imidazole rings is 1. The van der Waals surface area contributed by atoms with Gasteiger partial charge < -0.3 is 24.1 Å². The first kappa shape index (κ1) is 20.7. The monoisotopic (exact) mass is 459 g/mol. The third-order valence-corrected chi connectivity index (χ3v) is 5.31. The van der Waals surface area contributed by atoms with Crippen LogP contribution < -0.4 is 19.5 Å². The lowest BCUT2D eigenvalue weighted by Crippen LogP contribution is -2.31. The zero-order valence-electron chi connectivity index (χ0n) is 16.6. The summed E-state index contributed by atoms with van der Waals surface area (Å²) >= 11 is 3.42. The minimum absolute atomic E-state index is 0.287. The number of methoxy groups -OCH3 is 3. The SMILES string of the molecule is COc1cccc(C(NC(=O)c2cc(OC)c(Br)c(OC)c2)c2nccn2C)c1. The maximum absolute atomic E-state index is 13.1. The number of carbonyl (C=O) groups is 1. The van der Waals surface area contributed by atoms with Gasteiger partial charge in [0, 0.05) is 25.0 Å². The number of carbonyl (C=O) groups excluding carboxylic acids is 1. The molecule has 152 valence electrons. The highest BCUT2D eigenvalue weighted by molar-refractivity contribution is 9.10. The summed E-state index contributed by atoms with van der Waals surface area (Å²) in [6.45, 7) is 0. The second-order valence-electron chi connectivity index (χ2n) is 6.27. The molecule has 0 aliphatic carbocycles. The Morgan fingerprint density at radius 3 is 2.34 bits per heavy atom. The molecule has 0 aliphatic heterocycles. The van der Waals surface area contributed by atoms with Crippen LogP contribution in [0.15, 0.2) is 53.3 Å². The van der Waals surface area contributed by atoms with E-state index >= 15 is 0 Å². The molecule has 1 atom stereocenters. The van der Waals surface area contributed by atoms with Crippen LogP contribution in [0.5, 0.6) is 17.2 Å². The molecule has 3 aromatic rings. The van der Waals surface area contributed by atoms with Gasteiger partial charge >= 0.3 is 0 Å². The lowest BCUT2D eigenvalue weighted by Gasteiger charge is -2.20. The summed E-state index contributed by atoms with van der Waals surface area (Å²) in [4.78, 5) is 17.6. The predicted molar refractivity (Wildman–Crippen MR) is 113 cm³/mol. The van der Waals surface area contributed by atoms with Gasteiger partial charge in [-0.05, 0) is 45.8 Å². The molecule has 0 fully saturated rings. The van der Waals surface area contributed by atoms with E-state index in [-0.39, 0.29) is 5.91 Å². The number of hydrogen-bond acceptors (Lipinski definition) is 5. The molecule has 0 radical (unpaired) electrons. The number of hydrogen-bond donors (Lipinski definition) is 1. The second-order valence-corrected chi connectivity index (χ2v) is 7.07. The van der Waals surface area contributed by atoms with Crippen molar-refractivity contribution in [1.29, 1.82) is 0 Å². The zero-order chi connectivity index (χ0) is 21.0. The van der Waals surface area contributed by atoms with E-state index in [2.05, 4.69) is 26.2 Å². The van der Waals surface area contributed by atoms with Crippen LogP contribution in [0.4, 0.5) is 0 Å². The maximum Gasteiger partial charge on any atom is 0.252 e. The Morgan fingerprint density at radius 1 is 1.10 bits per heavy atom. The fourth-order valence-electron chi connectivity index (χ4n) is 2.99. The molecular formula is C21H22BrN3O4. The lowest BCUT2D eigenvalue weighted by molar-refractivity contribution is 0.0940. The molecule has 1 heterocycles. The molecule has 3 rings (SSSR count). The van der Waals surface area contributed by atoms with Gasteiger partial charge in [0.1, 0.15) is 33.6 Å². The van der Waals surface area contributed by atoms with E-state index in [1.54, 1.807) is 25.4 Å². The number of aryl methyl sites for hydroxylation is 1. The average molecular weight is 460 g/mol. The number of aromatic nitrogens is 2. The molecule has 1 N–H and O–H groups in total. The minimum atomic E-state index is -0.474. The van der Waals surface area contributed by atoms with Crippen LogP contribution in [-0.2, 0) is 7.05 Å². The summed E-state index contributed by atoms with van der Waals surface area (Å²) in [6, 6.07) is 10.4. The van der Waals surface area contributed by atoms with E-state index in [9.17, 15) is 4.79 Å². The van der Waals surface area contributed by atoms with Crippen molar-refractivity contribution in [2.75, 3.05) is 21.3 Å². The number of halogens is 1. The largest absolute Gasteiger partial charge is 0.497 e. The number of benzene rings is 2. The lowest BCUT2D eigenvalue weighted by atomic mass is 10.0. The fraction of sp³-hybridized carbons (Fsp3) is 0.238. The minimum Gasteiger partial charge on any atom is -0.497 e. The Morgan fingerprint density at radius 2 is 1.79 bits per heavy atom. The van der Waals surface area contributed by atoms with E-state index in [1.165, 1.54) is 14.2 Å². The third kappa shape index (κ3) is 4.37. The summed E-state index contributed by atoms with van der Waals surface area (Å²) in [5, 5.41) is 3.06. The van der Waals surface area contributed by atoms with Gasteiger partial charge in [0.15, 0.2) is 0 Å². The van der Waals surface area contributed by atoms with Gasteiger partial charge in [0.2, 0.25) is 0 Å². The van der Waals surface area contributed by atoms with Gasteiger partial charge in [0.05, 0.1) is 21.3 Å². The summed E-state index contributed by atoms with van der Waals surface area (Å²) in [7, 11) is 6.56. The summed E-state index contributed by atoms with van der Waals surface area (Å²) in [5.41, 5.74) is 1.26. The third-order valence-electron chi connectivity index (χ3n) is 4.53. The Labute approximate surface area is 177 Å². The normalized spacial score (nSPS) is 11.6. The number of nitrogens with one attached hydrogen (secondary N) is 1. The van der Waals surface area contributed by atoms with Crippen molar-refractivity contribution in [3.8, 4) is 17.2 Å². The first-order chi connectivity index (χ1) is 14.0. The summed E-state index contributed by atoms with van der Waals surface area (Å²) < 4.78 is 18.6. The van der Waals surface area contributed by atoms with Crippen LogP contribution in [0.25, 0.3) is 0 Å². The van der Waals surface area contributed by atoms with E-state index < -0.39 is 6.04 Å². The van der Waals surface area contributed by atoms with Crippen LogP contribution >= 0.6 is 15.9 Å². The Kier molecular flexibility index (Phi) is 6.43. The fourth-order valence-corrected chi connectivity index (χ4v) is 3.54. The van der Waals surface area contributed by atoms with Crippen molar-refractivity contribution in [3.63, 3.8) is 0 Å². The highest BCUT2D eigenvalue weighted by atomic mass is 79.9. The molecule has 8 heteroatoms. The van der Waals surface area contributed by atoms with Crippen molar-refractivity contribution in [2.24, 2.45) is 7.05 Å². The van der Waals surface area contributed by atoms with Gasteiger partial charge in [0.25, 0.3) is 5.91 Å². The molecule has 1 amide bonds. The molecule has 0 spiro atoms. The van der Waals surface area contributed by atoms with Gasteiger partial charge in [-0.2, -0.15) is 0 Å². The van der Waals surface area contributed by atoms with E-state index in [4.69, 9.17) is 14.2 Å². The van der Waals surface area contributed by atoms with E-state index in [1.807, 2.05) is 42.1 Å². The molecular weight excluding hydrogens is 438 g/mol. The molecule has 1 aromatic heterocycles. The van der Waals surface area contributed by atoms with Gasteiger partial charge in [-0.1, -0.05) is 12.1 Å². The van der Waals surface area contributed by atoms with Crippen LogP contribution in [0, 0.1) is 0 Å². The molecule has 2 aromatic carbocycles. The van der Waals surface area contributed by atoms with Crippen molar-refractivity contribution >= 4 is 21.8 Å². The number of amides is 1. The quantitative estimate of drug-likeness (QED) is 0.582. The topological polar surface area (TPSA) is 74.6 Å². The molecule has 7 nitrogen and oxygen atoms in total. The number of rotatable bonds is 7. The number of ether oxygens (including phenoxy) is 3. The summed E-state index contributed by atoms with van der Waals surface area (Å²) in [6.07, 6.45) is 3.53.